The molecule has 4 heteroatoms. The van der Waals surface area contributed by atoms with Gasteiger partial charge in [0.25, 0.3) is 0 Å². The Morgan fingerprint density at radius 2 is 2.06 bits per heavy atom. The van der Waals surface area contributed by atoms with Gasteiger partial charge in [0.1, 0.15) is 0 Å². The Morgan fingerprint density at radius 1 is 1.33 bits per heavy atom. The van der Waals surface area contributed by atoms with Crippen LogP contribution in [0.4, 0.5) is 5.69 Å². The van der Waals surface area contributed by atoms with Gasteiger partial charge < -0.3 is 15.5 Å². The lowest BCUT2D eigenvalue weighted by Crippen LogP contribution is -2.33. The van der Waals surface area contributed by atoms with Crippen LogP contribution in [0, 0.1) is 0 Å². The molecule has 0 saturated heterocycles. The molecule has 4 nitrogen and oxygen atoms in total. The van der Waals surface area contributed by atoms with Crippen molar-refractivity contribution in [3.63, 3.8) is 0 Å². The SMILES string of the molecule is CCCNCc1ccccc1N(C)CC(=O)NC. The Morgan fingerprint density at radius 3 is 2.72 bits per heavy atom. The molecule has 0 bridgehead atoms. The summed E-state index contributed by atoms with van der Waals surface area (Å²) in [7, 11) is 3.60. The largest absolute Gasteiger partial charge is 0.365 e. The van der Waals surface area contributed by atoms with Crippen LogP contribution in [0.2, 0.25) is 0 Å². The second-order valence-corrected chi connectivity index (χ2v) is 4.33. The maximum Gasteiger partial charge on any atom is 0.239 e. The Bertz CT molecular complexity index is 379. The summed E-state index contributed by atoms with van der Waals surface area (Å²) >= 11 is 0. The van der Waals surface area contributed by atoms with Gasteiger partial charge in [0.05, 0.1) is 6.54 Å². The molecule has 0 aliphatic heterocycles. The van der Waals surface area contributed by atoms with E-state index in [4.69, 9.17) is 0 Å². The summed E-state index contributed by atoms with van der Waals surface area (Å²) in [6.45, 7) is 4.37. The summed E-state index contributed by atoms with van der Waals surface area (Å²) in [6, 6.07) is 8.17. The summed E-state index contributed by atoms with van der Waals surface area (Å²) in [6.07, 6.45) is 1.12. The van der Waals surface area contributed by atoms with Gasteiger partial charge >= 0.3 is 0 Å². The first-order valence-electron chi connectivity index (χ1n) is 6.39. The molecule has 1 aromatic carbocycles. The first-order valence-corrected chi connectivity index (χ1v) is 6.39. The molecule has 2 N–H and O–H groups in total. The lowest BCUT2D eigenvalue weighted by Gasteiger charge is -2.21. The fraction of sp³-hybridized carbons (Fsp3) is 0.500. The molecule has 1 amide bonds. The van der Waals surface area contributed by atoms with Crippen LogP contribution in [0.15, 0.2) is 24.3 Å². The van der Waals surface area contributed by atoms with Crippen LogP contribution in [0.25, 0.3) is 0 Å². The average Bonchev–Trinajstić information content (AvgIpc) is 2.39. The Balaban J connectivity index is 2.71. The number of carbonyl (C=O) groups excluding carboxylic acids is 1. The number of hydrogen-bond donors (Lipinski definition) is 2. The minimum Gasteiger partial charge on any atom is -0.365 e. The standard InChI is InChI=1S/C14H23N3O/c1-4-9-16-10-12-7-5-6-8-13(12)17(3)11-14(18)15-2/h5-8,16H,4,9-11H2,1-3H3,(H,15,18). The highest BCUT2D eigenvalue weighted by Crippen LogP contribution is 2.18. The van der Waals surface area contributed by atoms with Crippen LogP contribution in [-0.4, -0.2) is 33.1 Å². The number of rotatable bonds is 7. The average molecular weight is 249 g/mol. The van der Waals surface area contributed by atoms with Crippen molar-refractivity contribution in [1.82, 2.24) is 10.6 Å². The van der Waals surface area contributed by atoms with Gasteiger partial charge in [-0.25, -0.2) is 0 Å². The van der Waals surface area contributed by atoms with Gasteiger partial charge in [-0.1, -0.05) is 25.1 Å². The van der Waals surface area contributed by atoms with E-state index in [1.54, 1.807) is 7.05 Å². The maximum atomic E-state index is 11.4. The van der Waals surface area contributed by atoms with Crippen molar-refractivity contribution < 1.29 is 4.79 Å². The van der Waals surface area contributed by atoms with E-state index in [0.717, 1.165) is 25.2 Å². The lowest BCUT2D eigenvalue weighted by atomic mass is 10.1. The zero-order valence-electron chi connectivity index (χ0n) is 11.5. The third-order valence-corrected chi connectivity index (χ3v) is 2.80. The van der Waals surface area contributed by atoms with Crippen molar-refractivity contribution >= 4 is 11.6 Å². The van der Waals surface area contributed by atoms with Gasteiger partial charge in [-0.05, 0) is 24.6 Å². The number of amides is 1. The zero-order chi connectivity index (χ0) is 13.4. The number of nitrogens with zero attached hydrogens (tertiary/aromatic N) is 1. The topological polar surface area (TPSA) is 44.4 Å². The van der Waals surface area contributed by atoms with E-state index in [2.05, 4.69) is 23.6 Å². The van der Waals surface area contributed by atoms with Crippen LogP contribution < -0.4 is 15.5 Å². The highest BCUT2D eigenvalue weighted by atomic mass is 16.1. The first kappa shape index (κ1) is 14.5. The van der Waals surface area contributed by atoms with E-state index in [0.29, 0.717) is 6.54 Å². The van der Waals surface area contributed by atoms with Crippen LogP contribution in [0.5, 0.6) is 0 Å². The minimum atomic E-state index is 0.0221. The summed E-state index contributed by atoms with van der Waals surface area (Å²) < 4.78 is 0. The Hall–Kier alpha value is -1.55. The number of anilines is 1. The van der Waals surface area contributed by atoms with Crippen LogP contribution >= 0.6 is 0 Å². The van der Waals surface area contributed by atoms with Crippen LogP contribution in [-0.2, 0) is 11.3 Å². The van der Waals surface area contributed by atoms with Crippen molar-refractivity contribution in [2.75, 3.05) is 32.1 Å². The molecule has 0 aliphatic carbocycles. The van der Waals surface area contributed by atoms with E-state index in [9.17, 15) is 4.79 Å². The molecule has 100 valence electrons. The number of nitrogens with one attached hydrogen (secondary N) is 2. The fourth-order valence-electron chi connectivity index (χ4n) is 1.81. The molecule has 0 radical (unpaired) electrons. The predicted octanol–water partition coefficient (Wildman–Crippen LogP) is 1.37. The molecule has 0 fully saturated rings. The monoisotopic (exact) mass is 249 g/mol. The summed E-state index contributed by atoms with van der Waals surface area (Å²) in [4.78, 5) is 13.4. The molecule has 18 heavy (non-hydrogen) atoms. The maximum absolute atomic E-state index is 11.4. The summed E-state index contributed by atoms with van der Waals surface area (Å²) in [5.41, 5.74) is 2.32. The second kappa shape index (κ2) is 7.71. The predicted molar refractivity (Wildman–Crippen MR) is 75.8 cm³/mol. The molecule has 1 rings (SSSR count). The Labute approximate surface area is 109 Å². The number of para-hydroxylation sites is 1. The van der Waals surface area contributed by atoms with E-state index in [1.165, 1.54) is 5.56 Å². The fourth-order valence-corrected chi connectivity index (χ4v) is 1.81. The van der Waals surface area contributed by atoms with Crippen LogP contribution in [0.3, 0.4) is 0 Å². The summed E-state index contributed by atoms with van der Waals surface area (Å²) in [5, 5.41) is 6.03. The first-order chi connectivity index (χ1) is 8.69. The quantitative estimate of drug-likeness (QED) is 0.717. The molecule has 0 heterocycles. The van der Waals surface area contributed by atoms with Crippen molar-refractivity contribution in [3.05, 3.63) is 29.8 Å². The molecular formula is C14H23N3O. The van der Waals surface area contributed by atoms with Gasteiger partial charge in [0.15, 0.2) is 0 Å². The third kappa shape index (κ3) is 4.37. The van der Waals surface area contributed by atoms with Crippen molar-refractivity contribution in [1.29, 1.82) is 0 Å². The minimum absolute atomic E-state index is 0.0221. The lowest BCUT2D eigenvalue weighted by molar-refractivity contribution is -0.119. The van der Waals surface area contributed by atoms with E-state index >= 15 is 0 Å². The molecule has 0 aromatic heterocycles. The zero-order valence-corrected chi connectivity index (χ0v) is 11.5. The van der Waals surface area contributed by atoms with E-state index in [-0.39, 0.29) is 5.91 Å². The van der Waals surface area contributed by atoms with Gasteiger partial charge in [0.2, 0.25) is 5.91 Å². The molecule has 0 aliphatic rings. The molecule has 0 atom stereocenters. The number of hydrogen-bond acceptors (Lipinski definition) is 3. The highest BCUT2D eigenvalue weighted by Gasteiger charge is 2.09. The number of carbonyl (C=O) groups is 1. The highest BCUT2D eigenvalue weighted by molar-refractivity contribution is 5.81. The normalized spacial score (nSPS) is 10.2. The molecular weight excluding hydrogens is 226 g/mol. The van der Waals surface area contributed by atoms with Gasteiger partial charge in [0, 0.05) is 26.3 Å². The molecule has 1 aromatic rings. The van der Waals surface area contributed by atoms with Crippen molar-refractivity contribution in [3.8, 4) is 0 Å². The molecule has 0 spiro atoms. The van der Waals surface area contributed by atoms with Crippen molar-refractivity contribution in [2.45, 2.75) is 19.9 Å². The molecule has 0 saturated carbocycles. The second-order valence-electron chi connectivity index (χ2n) is 4.33. The molecule has 0 unspecified atom stereocenters. The number of benzene rings is 1. The third-order valence-electron chi connectivity index (χ3n) is 2.80. The van der Waals surface area contributed by atoms with Gasteiger partial charge in [-0.3, -0.25) is 4.79 Å². The van der Waals surface area contributed by atoms with Crippen molar-refractivity contribution in [2.24, 2.45) is 0 Å². The smallest absolute Gasteiger partial charge is 0.239 e. The van der Waals surface area contributed by atoms with Gasteiger partial charge in [-0.2, -0.15) is 0 Å². The van der Waals surface area contributed by atoms with E-state index in [1.807, 2.05) is 30.1 Å². The van der Waals surface area contributed by atoms with Gasteiger partial charge in [-0.15, -0.1) is 0 Å². The van der Waals surface area contributed by atoms with E-state index < -0.39 is 0 Å². The number of likely N-dealkylation sites (N-methyl/N-ethyl adjacent to an activating group) is 2. The van der Waals surface area contributed by atoms with Crippen LogP contribution in [0.1, 0.15) is 18.9 Å². The Kier molecular flexibility index (Phi) is 6.22. The summed E-state index contributed by atoms with van der Waals surface area (Å²) in [5.74, 6) is 0.0221.